The first kappa shape index (κ1) is 14.7. The summed E-state index contributed by atoms with van der Waals surface area (Å²) in [5, 5.41) is 18.3. The van der Waals surface area contributed by atoms with E-state index in [-0.39, 0.29) is 5.56 Å². The fourth-order valence-electron chi connectivity index (χ4n) is 1.27. The van der Waals surface area contributed by atoms with E-state index in [1.165, 1.54) is 0 Å². The fraction of sp³-hybridized carbons (Fsp3) is 0.300. The minimum Gasteiger partial charge on any atom is -0.385 e. The third kappa shape index (κ3) is 3.12. The number of aliphatic hydroxyl groups is 2. The lowest BCUT2D eigenvalue weighted by molar-refractivity contribution is -0.137. The second-order valence-corrected chi connectivity index (χ2v) is 3.93. The molecule has 18 heavy (non-hydrogen) atoms. The number of alkyl halides is 3. The predicted octanol–water partition coefficient (Wildman–Crippen LogP) is 1.24. The van der Waals surface area contributed by atoms with Gasteiger partial charge in [0, 0.05) is 10.6 Å². The van der Waals surface area contributed by atoms with Crippen molar-refractivity contribution in [2.75, 3.05) is 0 Å². The summed E-state index contributed by atoms with van der Waals surface area (Å²) in [6, 6.07) is 2.15. The van der Waals surface area contributed by atoms with Crippen LogP contribution in [0.15, 0.2) is 18.2 Å². The Bertz CT molecular complexity index is 464. The number of carbonyl (C=O) groups excluding carboxylic acids is 1. The van der Waals surface area contributed by atoms with Crippen molar-refractivity contribution in [3.63, 3.8) is 0 Å². The van der Waals surface area contributed by atoms with Crippen molar-refractivity contribution < 1.29 is 28.2 Å². The van der Waals surface area contributed by atoms with Gasteiger partial charge < -0.3 is 15.9 Å². The molecule has 0 fully saturated rings. The normalized spacial score (nSPS) is 15.2. The number of aliphatic hydroxyl groups excluding tert-OH is 2. The zero-order valence-corrected chi connectivity index (χ0v) is 9.53. The molecular weight excluding hydrogens is 275 g/mol. The maximum atomic E-state index is 12.3. The van der Waals surface area contributed by atoms with E-state index in [4.69, 9.17) is 17.3 Å². The third-order valence-electron chi connectivity index (χ3n) is 2.24. The van der Waals surface area contributed by atoms with Gasteiger partial charge in [0.2, 0.25) is 5.91 Å². The Kier molecular flexibility index (Phi) is 4.20. The van der Waals surface area contributed by atoms with Crippen molar-refractivity contribution in [3.05, 3.63) is 34.3 Å². The monoisotopic (exact) mass is 283 g/mol. The standard InChI is InChI=1S/C10H9ClF3NO3/c11-6-3-4(10(12,13)14)1-2-5(6)7(16)8(17)9(15)18/h1-3,7-8,16-17H,(H2,15,18). The van der Waals surface area contributed by atoms with E-state index in [9.17, 15) is 28.2 Å². The quantitative estimate of drug-likeness (QED) is 0.780. The van der Waals surface area contributed by atoms with Crippen LogP contribution in [0.2, 0.25) is 5.02 Å². The van der Waals surface area contributed by atoms with Crippen LogP contribution in [-0.2, 0) is 11.0 Å². The Morgan fingerprint density at radius 2 is 1.89 bits per heavy atom. The molecule has 0 heterocycles. The lowest BCUT2D eigenvalue weighted by Gasteiger charge is -2.17. The highest BCUT2D eigenvalue weighted by atomic mass is 35.5. The number of carbonyl (C=O) groups is 1. The van der Waals surface area contributed by atoms with Crippen LogP contribution in [-0.4, -0.2) is 22.2 Å². The molecule has 0 bridgehead atoms. The molecule has 0 aliphatic rings. The maximum Gasteiger partial charge on any atom is 0.416 e. The summed E-state index contributed by atoms with van der Waals surface area (Å²) >= 11 is 5.56. The van der Waals surface area contributed by atoms with Gasteiger partial charge in [0.1, 0.15) is 6.10 Å². The molecule has 0 aliphatic heterocycles. The van der Waals surface area contributed by atoms with E-state index in [2.05, 4.69) is 0 Å². The number of amides is 1. The average Bonchev–Trinajstić information content (AvgIpc) is 2.25. The molecule has 2 atom stereocenters. The summed E-state index contributed by atoms with van der Waals surface area (Å²) in [5.41, 5.74) is 3.54. The van der Waals surface area contributed by atoms with Crippen LogP contribution in [0, 0.1) is 0 Å². The summed E-state index contributed by atoms with van der Waals surface area (Å²) in [6.45, 7) is 0. The van der Waals surface area contributed by atoms with Crippen LogP contribution in [0.4, 0.5) is 13.2 Å². The lowest BCUT2D eigenvalue weighted by Crippen LogP contribution is -2.34. The summed E-state index contributed by atoms with van der Waals surface area (Å²) in [7, 11) is 0. The molecule has 1 amide bonds. The largest absolute Gasteiger partial charge is 0.416 e. The van der Waals surface area contributed by atoms with E-state index in [0.717, 1.165) is 6.07 Å². The van der Waals surface area contributed by atoms with Crippen LogP contribution in [0.5, 0.6) is 0 Å². The minimum absolute atomic E-state index is 0.212. The molecule has 0 spiro atoms. The predicted molar refractivity (Wildman–Crippen MR) is 56.6 cm³/mol. The minimum atomic E-state index is -4.57. The second-order valence-electron chi connectivity index (χ2n) is 3.53. The molecule has 0 saturated carbocycles. The van der Waals surface area contributed by atoms with Crippen molar-refractivity contribution in [3.8, 4) is 0 Å². The Balaban J connectivity index is 3.10. The molecule has 0 aromatic heterocycles. The van der Waals surface area contributed by atoms with Crippen molar-refractivity contribution >= 4 is 17.5 Å². The Labute approximate surface area is 105 Å². The Hall–Kier alpha value is -1.31. The Morgan fingerprint density at radius 3 is 2.28 bits per heavy atom. The molecule has 4 N–H and O–H groups in total. The van der Waals surface area contributed by atoms with Crippen LogP contribution < -0.4 is 5.73 Å². The summed E-state index contributed by atoms with van der Waals surface area (Å²) in [6.07, 6.45) is -8.30. The summed E-state index contributed by atoms with van der Waals surface area (Å²) in [4.78, 5) is 10.6. The van der Waals surface area contributed by atoms with Gasteiger partial charge in [0.25, 0.3) is 0 Å². The lowest BCUT2D eigenvalue weighted by atomic mass is 10.0. The smallest absolute Gasteiger partial charge is 0.385 e. The van der Waals surface area contributed by atoms with Crippen LogP contribution in [0.1, 0.15) is 17.2 Å². The van der Waals surface area contributed by atoms with Gasteiger partial charge in [-0.15, -0.1) is 0 Å². The van der Waals surface area contributed by atoms with Gasteiger partial charge in [-0.05, 0) is 12.1 Å². The molecule has 100 valence electrons. The van der Waals surface area contributed by atoms with Gasteiger partial charge >= 0.3 is 6.18 Å². The van der Waals surface area contributed by atoms with Crippen LogP contribution in [0.3, 0.4) is 0 Å². The highest BCUT2D eigenvalue weighted by Crippen LogP contribution is 2.34. The molecule has 2 unspecified atom stereocenters. The first-order chi connectivity index (χ1) is 8.14. The SMILES string of the molecule is NC(=O)C(O)C(O)c1ccc(C(F)(F)F)cc1Cl. The molecule has 4 nitrogen and oxygen atoms in total. The molecule has 1 aromatic rings. The first-order valence-electron chi connectivity index (χ1n) is 4.66. The Morgan fingerprint density at radius 1 is 1.33 bits per heavy atom. The highest BCUT2D eigenvalue weighted by Gasteiger charge is 2.32. The average molecular weight is 284 g/mol. The van der Waals surface area contributed by atoms with E-state index in [1.807, 2.05) is 0 Å². The van der Waals surface area contributed by atoms with E-state index in [1.54, 1.807) is 0 Å². The van der Waals surface area contributed by atoms with E-state index < -0.39 is 34.9 Å². The zero-order valence-electron chi connectivity index (χ0n) is 8.78. The molecule has 0 radical (unpaired) electrons. The van der Waals surface area contributed by atoms with Gasteiger partial charge in [-0.25, -0.2) is 0 Å². The molecule has 1 aromatic carbocycles. The molecule has 0 saturated heterocycles. The zero-order chi connectivity index (χ0) is 14.1. The van der Waals surface area contributed by atoms with Crippen molar-refractivity contribution in [2.45, 2.75) is 18.4 Å². The fourth-order valence-corrected chi connectivity index (χ4v) is 1.56. The second kappa shape index (κ2) is 5.13. The van der Waals surface area contributed by atoms with Gasteiger partial charge in [-0.3, -0.25) is 4.79 Å². The maximum absolute atomic E-state index is 12.3. The van der Waals surface area contributed by atoms with Gasteiger partial charge in [-0.2, -0.15) is 13.2 Å². The number of benzene rings is 1. The van der Waals surface area contributed by atoms with Crippen molar-refractivity contribution in [1.29, 1.82) is 0 Å². The number of hydrogen-bond donors (Lipinski definition) is 3. The number of halogens is 4. The third-order valence-corrected chi connectivity index (χ3v) is 2.56. The van der Waals surface area contributed by atoms with Crippen LogP contribution >= 0.6 is 11.6 Å². The van der Waals surface area contributed by atoms with Crippen LogP contribution in [0.25, 0.3) is 0 Å². The van der Waals surface area contributed by atoms with Crippen molar-refractivity contribution in [2.24, 2.45) is 5.73 Å². The first-order valence-corrected chi connectivity index (χ1v) is 5.04. The van der Waals surface area contributed by atoms with Crippen molar-refractivity contribution in [1.82, 2.24) is 0 Å². The van der Waals surface area contributed by atoms with Gasteiger partial charge in [0.05, 0.1) is 5.56 Å². The molecule has 1 rings (SSSR count). The number of rotatable bonds is 3. The van der Waals surface area contributed by atoms with Gasteiger partial charge in [-0.1, -0.05) is 17.7 Å². The number of primary amides is 1. The van der Waals surface area contributed by atoms with Gasteiger partial charge in [0.15, 0.2) is 6.10 Å². The van der Waals surface area contributed by atoms with E-state index >= 15 is 0 Å². The molecular formula is C10H9ClF3NO3. The highest BCUT2D eigenvalue weighted by molar-refractivity contribution is 6.31. The topological polar surface area (TPSA) is 83.6 Å². The summed E-state index contributed by atoms with van der Waals surface area (Å²) < 4.78 is 37.0. The molecule has 0 aliphatic carbocycles. The summed E-state index contributed by atoms with van der Waals surface area (Å²) in [5.74, 6) is -1.21. The number of hydrogen-bond acceptors (Lipinski definition) is 3. The molecule has 8 heteroatoms. The number of nitrogens with two attached hydrogens (primary N) is 1. The van der Waals surface area contributed by atoms with E-state index in [0.29, 0.717) is 12.1 Å².